The largest absolute Gasteiger partial charge is 0.354 e. The van der Waals surface area contributed by atoms with Gasteiger partial charge in [0.2, 0.25) is 11.7 Å². The van der Waals surface area contributed by atoms with Crippen LogP contribution in [-0.2, 0) is 20.8 Å². The second-order valence-electron chi connectivity index (χ2n) is 10.8. The number of rotatable bonds is 14. The highest BCUT2D eigenvalue weighted by Gasteiger charge is 2.51. The number of aromatic nitrogens is 2. The zero-order valence-electron chi connectivity index (χ0n) is 24.0. The predicted molar refractivity (Wildman–Crippen MR) is 159 cm³/mol. The smallest absolute Gasteiger partial charge is 0.273 e. The molecule has 0 spiro atoms. The van der Waals surface area contributed by atoms with Crippen LogP contribution < -0.4 is 5.32 Å². The zero-order valence-corrected chi connectivity index (χ0v) is 26.1. The summed E-state index contributed by atoms with van der Waals surface area (Å²) >= 11 is 2.16. The molecule has 0 aromatic carbocycles. The van der Waals surface area contributed by atoms with Gasteiger partial charge < -0.3 is 19.7 Å². The number of allylic oxidation sites excluding steroid dienone is 2. The van der Waals surface area contributed by atoms with Crippen molar-refractivity contribution in [3.63, 3.8) is 0 Å². The molecule has 1 aromatic heterocycles. The first-order valence-electron chi connectivity index (χ1n) is 13.9. The molecule has 3 rings (SSSR count). The Labute approximate surface area is 245 Å². The van der Waals surface area contributed by atoms with Crippen molar-refractivity contribution in [2.24, 2.45) is 5.92 Å². The van der Waals surface area contributed by atoms with Crippen LogP contribution in [0.25, 0.3) is 0 Å². The summed E-state index contributed by atoms with van der Waals surface area (Å²) in [6.07, 6.45) is 3.75. The summed E-state index contributed by atoms with van der Waals surface area (Å²) < 4.78 is 13.0. The fraction of sp³-hybridized carbons (Fsp3) is 0.655. The fourth-order valence-electron chi connectivity index (χ4n) is 5.33. The summed E-state index contributed by atoms with van der Waals surface area (Å²) in [5.74, 6) is -1.24. The fourth-order valence-corrected chi connectivity index (χ4v) is 6.12. The van der Waals surface area contributed by atoms with Gasteiger partial charge >= 0.3 is 0 Å². The topological polar surface area (TPSA) is 103 Å². The van der Waals surface area contributed by atoms with Gasteiger partial charge in [-0.15, -0.1) is 0 Å². The van der Waals surface area contributed by atoms with Gasteiger partial charge in [-0.3, -0.25) is 19.1 Å². The van der Waals surface area contributed by atoms with E-state index in [-0.39, 0.29) is 39.8 Å². The van der Waals surface area contributed by atoms with E-state index < -0.39 is 11.3 Å². The average Bonchev–Trinajstić information content (AvgIpc) is 3.54. The van der Waals surface area contributed by atoms with Crippen LogP contribution in [0.15, 0.2) is 30.4 Å². The summed E-state index contributed by atoms with van der Waals surface area (Å²) in [5, 5.41) is 7.56. The number of fused-ring (bicyclic) bond motifs is 1. The number of nitrogens with one attached hydrogen (secondary N) is 1. The first-order chi connectivity index (χ1) is 18.4. The molecule has 2 aliphatic heterocycles. The van der Waals surface area contributed by atoms with Gasteiger partial charge in [0.1, 0.15) is 16.9 Å². The molecule has 0 radical (unpaired) electrons. The van der Waals surface area contributed by atoms with Gasteiger partial charge in [0.25, 0.3) is 5.91 Å². The molecule has 2 amide bonds. The lowest BCUT2D eigenvalue weighted by molar-refractivity contribution is -0.166. The van der Waals surface area contributed by atoms with Crippen LogP contribution in [0.5, 0.6) is 0 Å². The van der Waals surface area contributed by atoms with Gasteiger partial charge in [-0.05, 0) is 44.6 Å². The van der Waals surface area contributed by atoms with Gasteiger partial charge in [-0.1, -0.05) is 68.5 Å². The third-order valence-corrected chi connectivity index (χ3v) is 8.52. The van der Waals surface area contributed by atoms with E-state index in [2.05, 4.69) is 60.0 Å². The molecule has 0 aliphatic carbocycles. The predicted octanol–water partition coefficient (Wildman–Crippen LogP) is 5.05. The Morgan fingerprint density at radius 1 is 1.21 bits per heavy atom. The second-order valence-corrected chi connectivity index (χ2v) is 12.6. The highest BCUT2D eigenvalue weighted by atomic mass is 127. The van der Waals surface area contributed by atoms with Crippen LogP contribution in [0.2, 0.25) is 0 Å². The summed E-state index contributed by atoms with van der Waals surface area (Å²) in [6, 6.07) is 1.53. The molecule has 3 unspecified atom stereocenters. The minimum absolute atomic E-state index is 0.157. The number of carbonyl (C=O) groups excluding carboxylic acids is 3. The van der Waals surface area contributed by atoms with E-state index in [4.69, 9.17) is 9.47 Å². The van der Waals surface area contributed by atoms with Crippen molar-refractivity contribution in [3.8, 4) is 0 Å². The van der Waals surface area contributed by atoms with E-state index in [1.807, 2.05) is 20.8 Å². The number of carbonyl (C=O) groups is 3. The molecule has 39 heavy (non-hydrogen) atoms. The Bertz CT molecular complexity index is 1110. The molecule has 1 aromatic rings. The third-order valence-electron chi connectivity index (χ3n) is 7.96. The third kappa shape index (κ3) is 6.65. The molecule has 3 heterocycles. The highest BCUT2D eigenvalue weighted by molar-refractivity contribution is 14.1. The van der Waals surface area contributed by atoms with Gasteiger partial charge in [0.15, 0.2) is 5.79 Å². The molecule has 10 heteroatoms. The normalized spacial score (nSPS) is 21.8. The maximum Gasteiger partial charge on any atom is 0.273 e. The maximum absolute atomic E-state index is 13.7. The lowest BCUT2D eigenvalue weighted by Crippen LogP contribution is -2.66. The number of alkyl halides is 1. The van der Waals surface area contributed by atoms with E-state index in [0.29, 0.717) is 50.3 Å². The van der Waals surface area contributed by atoms with Crippen LogP contribution in [-0.4, -0.2) is 67.4 Å². The van der Waals surface area contributed by atoms with E-state index in [1.165, 1.54) is 10.7 Å². The van der Waals surface area contributed by atoms with Crippen LogP contribution in [0.4, 0.5) is 0 Å². The van der Waals surface area contributed by atoms with Crippen LogP contribution in [0.1, 0.15) is 94.1 Å². The Morgan fingerprint density at radius 3 is 2.44 bits per heavy atom. The number of amides is 2. The number of halogens is 1. The summed E-state index contributed by atoms with van der Waals surface area (Å²) in [5.41, 5.74) is 0.785. The molecular weight excluding hydrogens is 611 g/mol. The Balaban J connectivity index is 1.80. The number of ketones is 1. The van der Waals surface area contributed by atoms with Gasteiger partial charge in [0.05, 0.1) is 23.8 Å². The van der Waals surface area contributed by atoms with E-state index in [9.17, 15) is 14.4 Å². The molecule has 1 N–H and O–H groups in total. The highest BCUT2D eigenvalue weighted by Crippen LogP contribution is 2.35. The lowest BCUT2D eigenvalue weighted by Gasteiger charge is -2.46. The summed E-state index contributed by atoms with van der Waals surface area (Å²) in [4.78, 5) is 42.3. The van der Waals surface area contributed by atoms with Crippen molar-refractivity contribution in [2.45, 2.75) is 95.1 Å². The van der Waals surface area contributed by atoms with E-state index in [1.54, 1.807) is 4.90 Å². The molecule has 1 fully saturated rings. The van der Waals surface area contributed by atoms with Crippen molar-refractivity contribution in [1.82, 2.24) is 20.0 Å². The van der Waals surface area contributed by atoms with Crippen LogP contribution >= 0.6 is 22.6 Å². The maximum atomic E-state index is 13.7. The van der Waals surface area contributed by atoms with Gasteiger partial charge in [-0.25, -0.2) is 0 Å². The van der Waals surface area contributed by atoms with E-state index in [0.717, 1.165) is 24.8 Å². The standard InChI is InChI=1S/C29H43IN4O5/c1-8-12-29(38-15-16-39-29)13-10-21(6)25(35)23-17-24-26(36)34(22(7)30)28(9-2,18-33(24)32-23)27(37)31-14-11-20(5)19(3)4/h17,20,22H,3,6,8-16,18H2,1-2,4-5,7H3,(H,31,37). The monoisotopic (exact) mass is 654 g/mol. The summed E-state index contributed by atoms with van der Waals surface area (Å²) in [6.45, 7) is 19.6. The number of nitrogens with zero attached hydrogens (tertiary/aromatic N) is 3. The SMILES string of the molecule is C=C(CCC1(CCC)OCCO1)C(=O)c1cc2n(n1)CC(CC)(C(=O)NCCC(C)C(=C)C)N(C(C)I)C2=O. The number of ether oxygens (including phenoxy) is 2. The molecule has 0 bridgehead atoms. The van der Waals surface area contributed by atoms with Gasteiger partial charge in [-0.2, -0.15) is 5.10 Å². The molecular formula is C29H43IN4O5. The Kier molecular flexibility index (Phi) is 10.6. The minimum Gasteiger partial charge on any atom is -0.354 e. The Hall–Kier alpha value is -2.05. The average molecular weight is 655 g/mol. The lowest BCUT2D eigenvalue weighted by atomic mass is 9.89. The van der Waals surface area contributed by atoms with Crippen molar-refractivity contribution in [3.05, 3.63) is 41.8 Å². The van der Waals surface area contributed by atoms with Gasteiger partial charge in [0, 0.05) is 25.5 Å². The minimum atomic E-state index is -1.12. The van der Waals surface area contributed by atoms with Crippen molar-refractivity contribution in [2.75, 3.05) is 19.8 Å². The molecule has 2 aliphatic rings. The Morgan fingerprint density at radius 2 is 1.87 bits per heavy atom. The van der Waals surface area contributed by atoms with Crippen molar-refractivity contribution in [1.29, 1.82) is 0 Å². The summed E-state index contributed by atoms with van der Waals surface area (Å²) in [7, 11) is 0. The molecule has 216 valence electrons. The molecule has 3 atom stereocenters. The van der Waals surface area contributed by atoms with Crippen LogP contribution in [0.3, 0.4) is 0 Å². The molecule has 9 nitrogen and oxygen atoms in total. The number of hydrogen-bond acceptors (Lipinski definition) is 6. The molecule has 0 saturated carbocycles. The second kappa shape index (κ2) is 13.1. The van der Waals surface area contributed by atoms with E-state index >= 15 is 0 Å². The quantitative estimate of drug-likeness (QED) is 0.0753. The first kappa shape index (κ1) is 31.5. The molecule has 1 saturated heterocycles. The zero-order chi connectivity index (χ0) is 29.0. The van der Waals surface area contributed by atoms with Crippen molar-refractivity contribution >= 4 is 40.2 Å². The van der Waals surface area contributed by atoms with Crippen LogP contribution in [0, 0.1) is 5.92 Å². The first-order valence-corrected chi connectivity index (χ1v) is 15.2. The van der Waals surface area contributed by atoms with Crippen molar-refractivity contribution < 1.29 is 23.9 Å². The number of hydrogen-bond donors (Lipinski definition) is 1. The number of Topliss-reactive ketones (excluding diaryl/α,β-unsaturated/α-hetero) is 1.